The van der Waals surface area contributed by atoms with Crippen LogP contribution >= 0.6 is 0 Å². The maximum Gasteiger partial charge on any atom is 0.0469 e. The monoisotopic (exact) mass is 306 g/mol. The van der Waals surface area contributed by atoms with Gasteiger partial charge in [-0.05, 0) is 47.9 Å². The van der Waals surface area contributed by atoms with E-state index in [0.29, 0.717) is 0 Å². The maximum absolute atomic E-state index is 5.73. The molecule has 2 aromatic rings. The minimum absolute atomic E-state index is 0.832. The van der Waals surface area contributed by atoms with Crippen LogP contribution in [0.2, 0.25) is 0 Å². The van der Waals surface area contributed by atoms with Crippen molar-refractivity contribution in [3.63, 3.8) is 0 Å². The lowest BCUT2D eigenvalue weighted by Gasteiger charge is -2.06. The van der Waals surface area contributed by atoms with Gasteiger partial charge in [0.05, 0.1) is 0 Å². The Kier molecular flexibility index (Phi) is 7.35. The molecule has 1 heteroatoms. The molecule has 0 N–H and O–H groups in total. The molecular weight excluding hydrogens is 280 g/mol. The van der Waals surface area contributed by atoms with Gasteiger partial charge in [0.15, 0.2) is 0 Å². The first kappa shape index (κ1) is 17.2. The first-order chi connectivity index (χ1) is 11.3. The Balaban J connectivity index is 1.54. The number of ether oxygens (including phenoxy) is 1. The molecule has 0 saturated heterocycles. The lowest BCUT2D eigenvalue weighted by atomic mass is 10.1. The Bertz CT molecular complexity index is 537. The summed E-state index contributed by atoms with van der Waals surface area (Å²) in [5, 5.41) is 0. The molecule has 2 rings (SSSR count). The first-order valence-corrected chi connectivity index (χ1v) is 8.32. The smallest absolute Gasteiger partial charge is 0.0469 e. The van der Waals surface area contributed by atoms with Crippen molar-refractivity contribution in [2.75, 3.05) is 13.2 Å². The highest BCUT2D eigenvalue weighted by Gasteiger charge is 1.96. The summed E-state index contributed by atoms with van der Waals surface area (Å²) in [7, 11) is 0. The predicted molar refractivity (Wildman–Crippen MR) is 101 cm³/mol. The fourth-order valence-corrected chi connectivity index (χ4v) is 2.50. The van der Waals surface area contributed by atoms with Gasteiger partial charge < -0.3 is 4.74 Å². The summed E-state index contributed by atoms with van der Waals surface area (Å²) >= 11 is 0. The van der Waals surface area contributed by atoms with E-state index in [2.05, 4.69) is 61.7 Å². The molecule has 0 aliphatic carbocycles. The minimum Gasteiger partial charge on any atom is -0.381 e. The second-order valence-corrected chi connectivity index (χ2v) is 5.71. The third-order valence-corrected chi connectivity index (χ3v) is 3.94. The summed E-state index contributed by atoms with van der Waals surface area (Å²) in [5.41, 5.74) is 5.07. The van der Waals surface area contributed by atoms with Crippen LogP contribution in [0.15, 0.2) is 61.7 Å². The van der Waals surface area contributed by atoms with Gasteiger partial charge in [0, 0.05) is 13.2 Å². The Morgan fingerprint density at radius 3 is 1.39 bits per heavy atom. The van der Waals surface area contributed by atoms with Crippen molar-refractivity contribution in [3.8, 4) is 0 Å². The van der Waals surface area contributed by atoms with E-state index in [1.54, 1.807) is 0 Å². The molecule has 0 radical (unpaired) electrons. The summed E-state index contributed by atoms with van der Waals surface area (Å²) in [6.45, 7) is 9.21. The van der Waals surface area contributed by atoms with E-state index in [9.17, 15) is 0 Å². The van der Waals surface area contributed by atoms with E-state index in [4.69, 9.17) is 4.74 Å². The molecular formula is C22H26O. The molecule has 0 unspecified atom stereocenters. The third-order valence-electron chi connectivity index (χ3n) is 3.94. The Labute approximate surface area is 140 Å². The third kappa shape index (κ3) is 6.25. The normalized spacial score (nSPS) is 10.4. The van der Waals surface area contributed by atoms with Crippen LogP contribution < -0.4 is 0 Å². The van der Waals surface area contributed by atoms with Crippen LogP contribution in [-0.4, -0.2) is 13.2 Å². The van der Waals surface area contributed by atoms with Crippen molar-refractivity contribution in [2.45, 2.75) is 25.7 Å². The van der Waals surface area contributed by atoms with Crippen molar-refractivity contribution >= 4 is 12.2 Å². The van der Waals surface area contributed by atoms with Crippen molar-refractivity contribution in [1.29, 1.82) is 0 Å². The molecule has 0 amide bonds. The van der Waals surface area contributed by atoms with E-state index in [-0.39, 0.29) is 0 Å². The Hall–Kier alpha value is -2.12. The standard InChI is InChI=1S/C22H26O/c1-3-19-9-13-21(14-10-19)7-5-17-23-18-6-8-22-15-11-20(4-2)12-16-22/h3-4,9-16H,1-2,5-8,17-18H2. The minimum atomic E-state index is 0.832. The zero-order valence-corrected chi connectivity index (χ0v) is 13.8. The highest BCUT2D eigenvalue weighted by Crippen LogP contribution is 2.09. The molecule has 0 fully saturated rings. The van der Waals surface area contributed by atoms with Crippen LogP contribution in [0.25, 0.3) is 12.2 Å². The zero-order chi connectivity index (χ0) is 16.3. The quantitative estimate of drug-likeness (QED) is 0.523. The summed E-state index contributed by atoms with van der Waals surface area (Å²) in [4.78, 5) is 0. The van der Waals surface area contributed by atoms with Crippen LogP contribution in [0.1, 0.15) is 35.1 Å². The number of rotatable bonds is 10. The van der Waals surface area contributed by atoms with Gasteiger partial charge in [-0.2, -0.15) is 0 Å². The van der Waals surface area contributed by atoms with E-state index < -0.39 is 0 Å². The number of hydrogen-bond acceptors (Lipinski definition) is 1. The van der Waals surface area contributed by atoms with Crippen molar-refractivity contribution in [2.24, 2.45) is 0 Å². The average Bonchev–Trinajstić information content (AvgIpc) is 2.62. The molecule has 0 atom stereocenters. The number of aryl methyl sites for hydroxylation is 2. The topological polar surface area (TPSA) is 9.23 Å². The molecule has 120 valence electrons. The lowest BCUT2D eigenvalue weighted by molar-refractivity contribution is 0.130. The average molecular weight is 306 g/mol. The van der Waals surface area contributed by atoms with Gasteiger partial charge in [-0.15, -0.1) is 0 Å². The van der Waals surface area contributed by atoms with Crippen LogP contribution in [0.4, 0.5) is 0 Å². The van der Waals surface area contributed by atoms with Crippen molar-refractivity contribution < 1.29 is 4.74 Å². The molecule has 0 aromatic heterocycles. The van der Waals surface area contributed by atoms with E-state index in [1.807, 2.05) is 12.2 Å². The Morgan fingerprint density at radius 1 is 0.652 bits per heavy atom. The SMILES string of the molecule is C=Cc1ccc(CCCOCCCc2ccc(C=C)cc2)cc1. The van der Waals surface area contributed by atoms with Crippen LogP contribution in [-0.2, 0) is 17.6 Å². The van der Waals surface area contributed by atoms with Crippen molar-refractivity contribution in [1.82, 2.24) is 0 Å². The van der Waals surface area contributed by atoms with Gasteiger partial charge in [0.1, 0.15) is 0 Å². The fourth-order valence-electron chi connectivity index (χ4n) is 2.50. The second kappa shape index (κ2) is 9.81. The highest BCUT2D eigenvalue weighted by atomic mass is 16.5. The molecule has 0 aliphatic heterocycles. The number of hydrogen-bond donors (Lipinski definition) is 0. The summed E-state index contributed by atoms with van der Waals surface area (Å²) in [6, 6.07) is 17.1. The molecule has 23 heavy (non-hydrogen) atoms. The van der Waals surface area contributed by atoms with E-state index in [1.165, 1.54) is 22.3 Å². The summed E-state index contributed by atoms with van der Waals surface area (Å²) in [6.07, 6.45) is 8.03. The molecule has 0 saturated carbocycles. The predicted octanol–water partition coefficient (Wildman–Crippen LogP) is 5.55. The zero-order valence-electron chi connectivity index (χ0n) is 13.8. The van der Waals surface area contributed by atoms with Gasteiger partial charge in [-0.25, -0.2) is 0 Å². The van der Waals surface area contributed by atoms with Gasteiger partial charge in [-0.1, -0.05) is 73.8 Å². The molecule has 2 aromatic carbocycles. The highest BCUT2D eigenvalue weighted by molar-refractivity contribution is 5.47. The molecule has 0 heterocycles. The van der Waals surface area contributed by atoms with Gasteiger partial charge in [-0.3, -0.25) is 0 Å². The fraction of sp³-hybridized carbons (Fsp3) is 0.273. The molecule has 0 aliphatic rings. The van der Waals surface area contributed by atoms with Crippen molar-refractivity contribution in [3.05, 3.63) is 83.9 Å². The maximum atomic E-state index is 5.73. The summed E-state index contributed by atoms with van der Waals surface area (Å²) in [5.74, 6) is 0. The van der Waals surface area contributed by atoms with Crippen LogP contribution in [0.3, 0.4) is 0 Å². The van der Waals surface area contributed by atoms with E-state index >= 15 is 0 Å². The van der Waals surface area contributed by atoms with E-state index in [0.717, 1.165) is 38.9 Å². The lowest BCUT2D eigenvalue weighted by Crippen LogP contribution is -2.00. The number of benzene rings is 2. The van der Waals surface area contributed by atoms with Gasteiger partial charge in [0.25, 0.3) is 0 Å². The molecule has 1 nitrogen and oxygen atoms in total. The van der Waals surface area contributed by atoms with Gasteiger partial charge in [0.2, 0.25) is 0 Å². The van der Waals surface area contributed by atoms with Gasteiger partial charge >= 0.3 is 0 Å². The first-order valence-electron chi connectivity index (χ1n) is 8.32. The molecule has 0 bridgehead atoms. The summed E-state index contributed by atoms with van der Waals surface area (Å²) < 4.78 is 5.73. The van der Waals surface area contributed by atoms with Crippen LogP contribution in [0, 0.1) is 0 Å². The Morgan fingerprint density at radius 2 is 1.04 bits per heavy atom. The largest absolute Gasteiger partial charge is 0.381 e. The second-order valence-electron chi connectivity index (χ2n) is 5.71. The van der Waals surface area contributed by atoms with Crippen LogP contribution in [0.5, 0.6) is 0 Å². The molecule has 0 spiro atoms.